The zero-order chi connectivity index (χ0) is 21.1. The first-order valence-corrected chi connectivity index (χ1v) is 9.19. The van der Waals surface area contributed by atoms with Crippen LogP contribution in [0.4, 0.5) is 5.69 Å². The number of carbonyl (C=O) groups is 1. The molecule has 0 aliphatic carbocycles. The largest absolute Gasteiger partial charge is 0.318 e. The van der Waals surface area contributed by atoms with E-state index in [1.165, 1.54) is 24.3 Å². The van der Waals surface area contributed by atoms with E-state index in [2.05, 4.69) is 15.1 Å². The van der Waals surface area contributed by atoms with Gasteiger partial charge in [0.25, 0.3) is 11.6 Å². The third kappa shape index (κ3) is 4.35. The molecule has 1 aromatic heterocycles. The van der Waals surface area contributed by atoms with Crippen LogP contribution in [0.15, 0.2) is 53.6 Å². The number of hydrazone groups is 1. The van der Waals surface area contributed by atoms with Gasteiger partial charge in [0, 0.05) is 45.4 Å². The number of carbonyl (C=O) groups excluding carboxylic acids is 1. The SMILES string of the molecule is Cc1ccc(-n2c(C)cc(/C=N\NC(=O)c3ccc([N+](=O)[O-])cc3)c2C)cc1Cl. The minimum atomic E-state index is -0.517. The second kappa shape index (κ2) is 8.28. The molecule has 1 heterocycles. The van der Waals surface area contributed by atoms with Crippen molar-refractivity contribution in [2.24, 2.45) is 5.10 Å². The monoisotopic (exact) mass is 410 g/mol. The Morgan fingerprint density at radius 2 is 1.83 bits per heavy atom. The van der Waals surface area contributed by atoms with Crippen LogP contribution in [-0.2, 0) is 0 Å². The molecule has 0 aliphatic heterocycles. The normalized spacial score (nSPS) is 11.0. The molecule has 3 rings (SSSR count). The van der Waals surface area contributed by atoms with E-state index in [9.17, 15) is 14.9 Å². The van der Waals surface area contributed by atoms with Gasteiger partial charge in [-0.25, -0.2) is 5.43 Å². The number of aryl methyl sites for hydroxylation is 2. The van der Waals surface area contributed by atoms with E-state index in [-0.39, 0.29) is 11.3 Å². The highest BCUT2D eigenvalue weighted by molar-refractivity contribution is 6.31. The topological polar surface area (TPSA) is 89.5 Å². The predicted octanol–water partition coefficient (Wildman–Crippen LogP) is 4.73. The summed E-state index contributed by atoms with van der Waals surface area (Å²) in [4.78, 5) is 22.3. The van der Waals surface area contributed by atoms with Crippen LogP contribution in [-0.4, -0.2) is 21.6 Å². The summed E-state index contributed by atoms with van der Waals surface area (Å²) in [5.41, 5.74) is 7.42. The maximum atomic E-state index is 12.1. The van der Waals surface area contributed by atoms with Crippen molar-refractivity contribution >= 4 is 29.4 Å². The number of non-ortho nitro benzene ring substituents is 1. The second-order valence-corrected chi connectivity index (χ2v) is 7.01. The van der Waals surface area contributed by atoms with Gasteiger partial charge in [-0.15, -0.1) is 0 Å². The van der Waals surface area contributed by atoms with Gasteiger partial charge in [0.15, 0.2) is 0 Å². The molecule has 1 amide bonds. The molecule has 0 bridgehead atoms. The number of aromatic nitrogens is 1. The van der Waals surface area contributed by atoms with Crippen LogP contribution in [0.1, 0.15) is 32.9 Å². The zero-order valence-electron chi connectivity index (χ0n) is 16.1. The van der Waals surface area contributed by atoms with Crippen molar-refractivity contribution in [3.63, 3.8) is 0 Å². The molecule has 148 valence electrons. The Morgan fingerprint density at radius 3 is 2.45 bits per heavy atom. The van der Waals surface area contributed by atoms with E-state index in [1.807, 2.05) is 45.0 Å². The van der Waals surface area contributed by atoms with Crippen LogP contribution < -0.4 is 5.43 Å². The fourth-order valence-corrected chi connectivity index (χ4v) is 3.17. The predicted molar refractivity (Wildman–Crippen MR) is 113 cm³/mol. The Hall–Kier alpha value is -3.45. The molecule has 0 unspecified atom stereocenters. The third-order valence-electron chi connectivity index (χ3n) is 4.59. The number of benzene rings is 2. The van der Waals surface area contributed by atoms with E-state index >= 15 is 0 Å². The van der Waals surface area contributed by atoms with E-state index in [4.69, 9.17) is 11.6 Å². The standard InChI is InChI=1S/C21H19ClN4O3/c1-13-4-7-19(11-20(13)22)25-14(2)10-17(15(25)3)12-23-24-21(27)16-5-8-18(9-6-16)26(28)29/h4-12H,1-3H3,(H,24,27)/b23-12-. The minimum absolute atomic E-state index is 0.0753. The third-order valence-corrected chi connectivity index (χ3v) is 5.00. The van der Waals surface area contributed by atoms with Gasteiger partial charge in [0.2, 0.25) is 0 Å². The maximum Gasteiger partial charge on any atom is 0.271 e. The highest BCUT2D eigenvalue weighted by Gasteiger charge is 2.11. The lowest BCUT2D eigenvalue weighted by Crippen LogP contribution is -2.17. The van der Waals surface area contributed by atoms with Crippen LogP contribution in [0.5, 0.6) is 0 Å². The van der Waals surface area contributed by atoms with Crippen molar-refractivity contribution in [2.75, 3.05) is 0 Å². The molecule has 8 heteroatoms. The lowest BCUT2D eigenvalue weighted by molar-refractivity contribution is -0.384. The molecule has 0 aliphatic rings. The average molecular weight is 411 g/mol. The smallest absolute Gasteiger partial charge is 0.271 e. The maximum absolute atomic E-state index is 12.1. The number of hydrogen-bond donors (Lipinski definition) is 1. The Kier molecular flexibility index (Phi) is 5.79. The van der Waals surface area contributed by atoms with E-state index in [0.29, 0.717) is 5.02 Å². The van der Waals surface area contributed by atoms with Gasteiger partial charge in [-0.05, 0) is 56.7 Å². The summed E-state index contributed by atoms with van der Waals surface area (Å²) in [5, 5.41) is 15.4. The van der Waals surface area contributed by atoms with E-state index < -0.39 is 10.8 Å². The van der Waals surface area contributed by atoms with Gasteiger partial charge in [0.05, 0.1) is 11.1 Å². The van der Waals surface area contributed by atoms with Crippen LogP contribution >= 0.6 is 11.6 Å². The molecule has 0 radical (unpaired) electrons. The molecule has 29 heavy (non-hydrogen) atoms. The Morgan fingerprint density at radius 1 is 1.14 bits per heavy atom. The van der Waals surface area contributed by atoms with Crippen LogP contribution in [0.2, 0.25) is 5.02 Å². The lowest BCUT2D eigenvalue weighted by Gasteiger charge is -2.11. The number of nitrogens with one attached hydrogen (secondary N) is 1. The molecular formula is C21H19ClN4O3. The summed E-state index contributed by atoms with van der Waals surface area (Å²) < 4.78 is 2.06. The highest BCUT2D eigenvalue weighted by atomic mass is 35.5. The zero-order valence-corrected chi connectivity index (χ0v) is 16.9. The molecule has 0 saturated heterocycles. The number of nitrogens with zero attached hydrogens (tertiary/aromatic N) is 3. The van der Waals surface area contributed by atoms with Crippen molar-refractivity contribution in [3.8, 4) is 5.69 Å². The van der Waals surface area contributed by atoms with Crippen LogP contribution in [0.3, 0.4) is 0 Å². The van der Waals surface area contributed by atoms with Crippen LogP contribution in [0.25, 0.3) is 5.69 Å². The van der Waals surface area contributed by atoms with E-state index in [0.717, 1.165) is 28.2 Å². The summed E-state index contributed by atoms with van der Waals surface area (Å²) in [7, 11) is 0. The molecular weight excluding hydrogens is 392 g/mol. The van der Waals surface area contributed by atoms with Gasteiger partial charge >= 0.3 is 0 Å². The fourth-order valence-electron chi connectivity index (χ4n) is 3.00. The average Bonchev–Trinajstić information content (AvgIpc) is 2.97. The molecule has 7 nitrogen and oxygen atoms in total. The number of hydrogen-bond acceptors (Lipinski definition) is 4. The second-order valence-electron chi connectivity index (χ2n) is 6.60. The van der Waals surface area contributed by atoms with E-state index in [1.54, 1.807) is 6.21 Å². The lowest BCUT2D eigenvalue weighted by atomic mass is 10.2. The highest BCUT2D eigenvalue weighted by Crippen LogP contribution is 2.24. The summed E-state index contributed by atoms with van der Waals surface area (Å²) in [5.74, 6) is -0.449. The number of nitro benzene ring substituents is 1. The number of amides is 1. The van der Waals surface area contributed by atoms with Crippen molar-refractivity contribution < 1.29 is 9.72 Å². The van der Waals surface area contributed by atoms with Crippen molar-refractivity contribution in [3.05, 3.63) is 91.7 Å². The summed E-state index contributed by atoms with van der Waals surface area (Å²) in [6.07, 6.45) is 1.57. The van der Waals surface area contributed by atoms with Gasteiger partial charge in [-0.3, -0.25) is 14.9 Å². The summed E-state index contributed by atoms with van der Waals surface area (Å²) >= 11 is 6.25. The molecule has 0 atom stereocenters. The summed E-state index contributed by atoms with van der Waals surface area (Å²) in [6.45, 7) is 5.89. The Balaban J connectivity index is 1.76. The Bertz CT molecular complexity index is 1120. The summed E-state index contributed by atoms with van der Waals surface area (Å²) in [6, 6.07) is 13.2. The fraction of sp³-hybridized carbons (Fsp3) is 0.143. The van der Waals surface area contributed by atoms with Crippen LogP contribution in [0, 0.1) is 30.9 Å². The van der Waals surface area contributed by atoms with Crippen molar-refractivity contribution in [1.82, 2.24) is 9.99 Å². The van der Waals surface area contributed by atoms with Crippen molar-refractivity contribution in [2.45, 2.75) is 20.8 Å². The number of nitro groups is 1. The first kappa shape index (κ1) is 20.3. The van der Waals surface area contributed by atoms with Gasteiger partial charge < -0.3 is 4.57 Å². The van der Waals surface area contributed by atoms with Gasteiger partial charge in [-0.2, -0.15) is 5.10 Å². The number of halogens is 1. The molecule has 0 spiro atoms. The molecule has 0 fully saturated rings. The molecule has 0 saturated carbocycles. The Labute approximate surface area is 172 Å². The first-order valence-electron chi connectivity index (χ1n) is 8.81. The quantitative estimate of drug-likeness (QED) is 0.374. The molecule has 1 N–H and O–H groups in total. The van der Waals surface area contributed by atoms with Crippen molar-refractivity contribution in [1.29, 1.82) is 0 Å². The first-order chi connectivity index (χ1) is 13.8. The number of rotatable bonds is 5. The van der Waals surface area contributed by atoms with Gasteiger partial charge in [-0.1, -0.05) is 17.7 Å². The van der Waals surface area contributed by atoms with Gasteiger partial charge in [0.1, 0.15) is 0 Å². The molecule has 3 aromatic rings. The minimum Gasteiger partial charge on any atom is -0.318 e. The molecule has 2 aromatic carbocycles.